The number of aryl methyl sites for hydroxylation is 1. The van der Waals surface area contributed by atoms with Crippen molar-refractivity contribution in [2.45, 2.75) is 52.1 Å². The van der Waals surface area contributed by atoms with Crippen LogP contribution in [0.15, 0.2) is 48.5 Å². The molecule has 0 saturated carbocycles. The van der Waals surface area contributed by atoms with E-state index >= 15 is 0 Å². The van der Waals surface area contributed by atoms with Crippen LogP contribution in [0.5, 0.6) is 0 Å². The number of rotatable bonds is 10. The molecule has 0 saturated heterocycles. The summed E-state index contributed by atoms with van der Waals surface area (Å²) in [7, 11) is 0. The molecule has 0 bridgehead atoms. The zero-order chi connectivity index (χ0) is 21.2. The molecule has 2 aromatic rings. The van der Waals surface area contributed by atoms with Gasteiger partial charge in [0.15, 0.2) is 0 Å². The van der Waals surface area contributed by atoms with E-state index in [0.29, 0.717) is 23.0 Å². The molecule has 0 spiro atoms. The average molecular weight is 435 g/mol. The van der Waals surface area contributed by atoms with Crippen molar-refractivity contribution >= 4 is 35.0 Å². The second-order valence-electron chi connectivity index (χ2n) is 7.03. The molecule has 0 aliphatic carbocycles. The summed E-state index contributed by atoms with van der Waals surface area (Å²) >= 11 is 12.5. The van der Waals surface area contributed by atoms with Gasteiger partial charge in [-0.2, -0.15) is 0 Å². The summed E-state index contributed by atoms with van der Waals surface area (Å²) in [4.78, 5) is 27.3. The van der Waals surface area contributed by atoms with E-state index < -0.39 is 6.04 Å². The lowest BCUT2D eigenvalue weighted by atomic mass is 10.1. The molecule has 29 heavy (non-hydrogen) atoms. The molecule has 0 fully saturated rings. The van der Waals surface area contributed by atoms with Crippen molar-refractivity contribution in [1.82, 2.24) is 10.2 Å². The molecule has 2 rings (SSSR count). The van der Waals surface area contributed by atoms with Crippen LogP contribution in [0.4, 0.5) is 0 Å². The molecule has 2 aromatic carbocycles. The summed E-state index contributed by atoms with van der Waals surface area (Å²) in [6.45, 7) is 4.71. The average Bonchev–Trinajstić information content (AvgIpc) is 2.72. The number of hydrogen-bond acceptors (Lipinski definition) is 2. The van der Waals surface area contributed by atoms with Crippen molar-refractivity contribution in [2.75, 3.05) is 6.54 Å². The summed E-state index contributed by atoms with van der Waals surface area (Å²) < 4.78 is 0. The van der Waals surface area contributed by atoms with Gasteiger partial charge in [0.05, 0.1) is 0 Å². The van der Waals surface area contributed by atoms with E-state index in [1.165, 1.54) is 0 Å². The quantitative estimate of drug-likeness (QED) is 0.518. The summed E-state index contributed by atoms with van der Waals surface area (Å²) in [6.07, 6.45) is 2.68. The highest BCUT2D eigenvalue weighted by atomic mass is 35.5. The summed E-state index contributed by atoms with van der Waals surface area (Å²) in [6, 6.07) is 14.3. The number of carbonyl (C=O) groups excluding carboxylic acids is 2. The van der Waals surface area contributed by atoms with E-state index in [1.807, 2.05) is 42.5 Å². The first-order chi connectivity index (χ1) is 13.9. The Bertz CT molecular complexity index is 826. The van der Waals surface area contributed by atoms with Gasteiger partial charge >= 0.3 is 0 Å². The standard InChI is InChI=1S/C23H28Cl2N2O2/c1-3-4-15-26-23(29)17(2)27(16-19-10-6-8-12-21(19)25)22(28)14-13-18-9-5-7-11-20(18)24/h5-12,17H,3-4,13-16H2,1-2H3,(H,26,29)/t17-/m0/s1. The number of halogens is 2. The Hall–Kier alpha value is -2.04. The van der Waals surface area contributed by atoms with Crippen LogP contribution in [0.25, 0.3) is 0 Å². The van der Waals surface area contributed by atoms with Crippen molar-refractivity contribution in [3.05, 3.63) is 69.7 Å². The number of nitrogens with zero attached hydrogens (tertiary/aromatic N) is 1. The van der Waals surface area contributed by atoms with Crippen molar-refractivity contribution in [2.24, 2.45) is 0 Å². The van der Waals surface area contributed by atoms with Crippen LogP contribution < -0.4 is 5.32 Å². The maximum atomic E-state index is 13.1. The largest absolute Gasteiger partial charge is 0.354 e. The highest BCUT2D eigenvalue weighted by molar-refractivity contribution is 6.31. The Kier molecular flexibility index (Phi) is 9.49. The lowest BCUT2D eigenvalue weighted by molar-refractivity contribution is -0.140. The fraction of sp³-hybridized carbons (Fsp3) is 0.391. The third-order valence-corrected chi connectivity index (χ3v) is 5.60. The summed E-state index contributed by atoms with van der Waals surface area (Å²) in [5, 5.41) is 4.14. The lowest BCUT2D eigenvalue weighted by Crippen LogP contribution is -2.47. The molecule has 0 unspecified atom stereocenters. The third kappa shape index (κ3) is 7.06. The number of nitrogens with one attached hydrogen (secondary N) is 1. The Morgan fingerprint density at radius 1 is 1.00 bits per heavy atom. The maximum absolute atomic E-state index is 13.1. The van der Waals surface area contributed by atoms with Crippen molar-refractivity contribution < 1.29 is 9.59 Å². The number of hydrogen-bond donors (Lipinski definition) is 1. The Morgan fingerprint density at radius 3 is 2.17 bits per heavy atom. The van der Waals surface area contributed by atoms with E-state index in [1.54, 1.807) is 17.9 Å². The molecule has 1 N–H and O–H groups in total. The van der Waals surface area contributed by atoms with Crippen LogP contribution in [0, 0.1) is 0 Å². The van der Waals surface area contributed by atoms with E-state index in [2.05, 4.69) is 12.2 Å². The molecule has 4 nitrogen and oxygen atoms in total. The minimum Gasteiger partial charge on any atom is -0.354 e. The molecule has 0 heterocycles. The van der Waals surface area contributed by atoms with Gasteiger partial charge < -0.3 is 10.2 Å². The van der Waals surface area contributed by atoms with Gasteiger partial charge in [0.25, 0.3) is 0 Å². The highest BCUT2D eigenvalue weighted by Crippen LogP contribution is 2.21. The Balaban J connectivity index is 2.14. The van der Waals surface area contributed by atoms with E-state index in [0.717, 1.165) is 24.0 Å². The van der Waals surface area contributed by atoms with Crippen LogP contribution in [-0.2, 0) is 22.6 Å². The van der Waals surface area contributed by atoms with Gasteiger partial charge in [-0.25, -0.2) is 0 Å². The first-order valence-corrected chi connectivity index (χ1v) is 10.7. The molecular weight excluding hydrogens is 407 g/mol. The normalized spacial score (nSPS) is 11.7. The first-order valence-electron chi connectivity index (χ1n) is 9.98. The maximum Gasteiger partial charge on any atom is 0.242 e. The smallest absolute Gasteiger partial charge is 0.242 e. The number of unbranched alkanes of at least 4 members (excludes halogenated alkanes) is 1. The van der Waals surface area contributed by atoms with Crippen molar-refractivity contribution in [1.29, 1.82) is 0 Å². The predicted octanol–water partition coefficient (Wildman–Crippen LogP) is 5.26. The molecule has 0 aliphatic heterocycles. The van der Waals surface area contributed by atoms with Crippen LogP contribution in [0.1, 0.15) is 44.2 Å². The van der Waals surface area contributed by atoms with Gasteiger partial charge in [-0.1, -0.05) is 72.9 Å². The van der Waals surface area contributed by atoms with Crippen LogP contribution in [0.3, 0.4) is 0 Å². The minimum atomic E-state index is -0.595. The van der Waals surface area contributed by atoms with E-state index in [4.69, 9.17) is 23.2 Å². The zero-order valence-corrected chi connectivity index (χ0v) is 18.5. The molecule has 6 heteroatoms. The predicted molar refractivity (Wildman–Crippen MR) is 119 cm³/mol. The summed E-state index contributed by atoms with van der Waals surface area (Å²) in [5.41, 5.74) is 1.73. The fourth-order valence-corrected chi connectivity index (χ4v) is 3.44. The minimum absolute atomic E-state index is 0.108. The number of benzene rings is 2. The third-order valence-electron chi connectivity index (χ3n) is 4.86. The highest BCUT2D eigenvalue weighted by Gasteiger charge is 2.26. The van der Waals surface area contributed by atoms with Gasteiger partial charge in [-0.15, -0.1) is 0 Å². The van der Waals surface area contributed by atoms with E-state index in [9.17, 15) is 9.59 Å². The van der Waals surface area contributed by atoms with Gasteiger partial charge in [-0.3, -0.25) is 9.59 Å². The molecular formula is C23H28Cl2N2O2. The fourth-order valence-electron chi connectivity index (χ4n) is 3.02. The molecule has 1 atom stereocenters. The van der Waals surface area contributed by atoms with Gasteiger partial charge in [0, 0.05) is 29.6 Å². The zero-order valence-electron chi connectivity index (χ0n) is 17.0. The van der Waals surface area contributed by atoms with Crippen molar-refractivity contribution in [3.8, 4) is 0 Å². The van der Waals surface area contributed by atoms with E-state index in [-0.39, 0.29) is 24.8 Å². The lowest BCUT2D eigenvalue weighted by Gasteiger charge is -2.29. The first kappa shape index (κ1) is 23.2. The molecule has 0 aromatic heterocycles. The second kappa shape index (κ2) is 11.8. The van der Waals surface area contributed by atoms with Crippen LogP contribution in [-0.4, -0.2) is 29.3 Å². The summed E-state index contributed by atoms with van der Waals surface area (Å²) in [5.74, 6) is -0.264. The van der Waals surface area contributed by atoms with Crippen LogP contribution >= 0.6 is 23.2 Å². The monoisotopic (exact) mass is 434 g/mol. The molecule has 2 amide bonds. The Morgan fingerprint density at radius 2 is 1.59 bits per heavy atom. The Labute approximate surface area is 183 Å². The van der Waals surface area contributed by atoms with Crippen molar-refractivity contribution in [3.63, 3.8) is 0 Å². The molecule has 0 radical (unpaired) electrons. The van der Waals surface area contributed by atoms with Gasteiger partial charge in [0.1, 0.15) is 6.04 Å². The number of carbonyl (C=O) groups is 2. The van der Waals surface area contributed by atoms with Crippen LogP contribution in [0.2, 0.25) is 10.0 Å². The molecule has 156 valence electrons. The second-order valence-corrected chi connectivity index (χ2v) is 7.84. The van der Waals surface area contributed by atoms with Gasteiger partial charge in [-0.05, 0) is 43.0 Å². The topological polar surface area (TPSA) is 49.4 Å². The van der Waals surface area contributed by atoms with Gasteiger partial charge in [0.2, 0.25) is 11.8 Å². The molecule has 0 aliphatic rings. The SMILES string of the molecule is CCCCNC(=O)[C@H](C)N(Cc1ccccc1Cl)C(=O)CCc1ccccc1Cl. The number of amides is 2.